The normalized spacial score (nSPS) is 11.2. The Bertz CT molecular complexity index is 501. The van der Waals surface area contributed by atoms with E-state index in [1.54, 1.807) is 18.1 Å². The van der Waals surface area contributed by atoms with Crippen LogP contribution in [0.1, 0.15) is 5.69 Å². The van der Waals surface area contributed by atoms with Crippen molar-refractivity contribution in [2.24, 2.45) is 0 Å². The first kappa shape index (κ1) is 14.6. The molecule has 0 aliphatic rings. The molecule has 0 unspecified atom stereocenters. The summed E-state index contributed by atoms with van der Waals surface area (Å²) in [5, 5.41) is 17.8. The highest BCUT2D eigenvalue weighted by atomic mass is 16.5. The molecule has 6 heteroatoms. The van der Waals surface area contributed by atoms with E-state index in [1.165, 1.54) is 0 Å². The van der Waals surface area contributed by atoms with Gasteiger partial charge < -0.3 is 9.84 Å². The number of aliphatic hydroxyl groups is 1. The lowest BCUT2D eigenvalue weighted by Gasteiger charge is -2.19. The molecule has 0 radical (unpaired) electrons. The lowest BCUT2D eigenvalue weighted by Crippen LogP contribution is -2.30. The monoisotopic (exact) mass is 276 g/mol. The molecule has 0 aliphatic carbocycles. The van der Waals surface area contributed by atoms with Gasteiger partial charge in [0.2, 0.25) is 0 Å². The van der Waals surface area contributed by atoms with Gasteiger partial charge in [0.1, 0.15) is 0 Å². The number of benzene rings is 1. The number of para-hydroxylation sites is 1. The number of methoxy groups -OCH3 is 1. The van der Waals surface area contributed by atoms with Crippen molar-refractivity contribution < 1.29 is 9.84 Å². The number of aliphatic hydroxyl groups excluding tert-OH is 1. The van der Waals surface area contributed by atoms with Crippen molar-refractivity contribution in [2.75, 3.05) is 33.4 Å². The molecule has 2 aromatic rings. The van der Waals surface area contributed by atoms with E-state index in [0.29, 0.717) is 19.7 Å². The number of hydrogen-bond donors (Lipinski definition) is 1. The van der Waals surface area contributed by atoms with Crippen LogP contribution in [0.25, 0.3) is 5.69 Å². The summed E-state index contributed by atoms with van der Waals surface area (Å²) in [4.78, 5) is 3.70. The van der Waals surface area contributed by atoms with Gasteiger partial charge in [0.15, 0.2) is 0 Å². The average molecular weight is 276 g/mol. The summed E-state index contributed by atoms with van der Waals surface area (Å²) < 4.78 is 5.07. The van der Waals surface area contributed by atoms with Crippen molar-refractivity contribution in [1.29, 1.82) is 0 Å². The van der Waals surface area contributed by atoms with Crippen LogP contribution in [0.5, 0.6) is 0 Å². The zero-order valence-electron chi connectivity index (χ0n) is 11.6. The summed E-state index contributed by atoms with van der Waals surface area (Å²) in [6, 6.07) is 9.78. The largest absolute Gasteiger partial charge is 0.395 e. The quantitative estimate of drug-likeness (QED) is 0.769. The van der Waals surface area contributed by atoms with Gasteiger partial charge in [-0.25, -0.2) is 0 Å². The van der Waals surface area contributed by atoms with Gasteiger partial charge in [0.05, 0.1) is 30.8 Å². The molecule has 1 aromatic heterocycles. The molecule has 1 N–H and O–H groups in total. The minimum absolute atomic E-state index is 0.122. The Balaban J connectivity index is 2.00. The first-order valence-corrected chi connectivity index (χ1v) is 6.62. The zero-order chi connectivity index (χ0) is 14.2. The zero-order valence-corrected chi connectivity index (χ0v) is 11.6. The van der Waals surface area contributed by atoms with E-state index >= 15 is 0 Å². The molecule has 20 heavy (non-hydrogen) atoms. The molecule has 0 spiro atoms. The fourth-order valence-electron chi connectivity index (χ4n) is 1.91. The highest BCUT2D eigenvalue weighted by molar-refractivity contribution is 5.28. The Labute approximate surface area is 118 Å². The van der Waals surface area contributed by atoms with E-state index in [-0.39, 0.29) is 6.61 Å². The van der Waals surface area contributed by atoms with Crippen LogP contribution < -0.4 is 0 Å². The van der Waals surface area contributed by atoms with Crippen LogP contribution in [0.4, 0.5) is 0 Å². The van der Waals surface area contributed by atoms with Crippen LogP contribution in [0.2, 0.25) is 0 Å². The predicted molar refractivity (Wildman–Crippen MR) is 75.6 cm³/mol. The van der Waals surface area contributed by atoms with Crippen molar-refractivity contribution >= 4 is 0 Å². The second-order valence-electron chi connectivity index (χ2n) is 4.45. The Morgan fingerprint density at radius 1 is 1.25 bits per heavy atom. The Morgan fingerprint density at radius 3 is 2.75 bits per heavy atom. The van der Waals surface area contributed by atoms with Gasteiger partial charge in [-0.05, 0) is 12.1 Å². The Morgan fingerprint density at radius 2 is 2.05 bits per heavy atom. The fraction of sp³-hybridized carbons (Fsp3) is 0.429. The molecule has 0 bridgehead atoms. The topological polar surface area (TPSA) is 63.4 Å². The number of nitrogens with zero attached hydrogens (tertiary/aromatic N) is 4. The number of hydrogen-bond acceptors (Lipinski definition) is 5. The summed E-state index contributed by atoms with van der Waals surface area (Å²) >= 11 is 0. The van der Waals surface area contributed by atoms with E-state index < -0.39 is 0 Å². The van der Waals surface area contributed by atoms with Crippen LogP contribution in [0.3, 0.4) is 0 Å². The van der Waals surface area contributed by atoms with Gasteiger partial charge in [0, 0.05) is 26.7 Å². The summed E-state index contributed by atoms with van der Waals surface area (Å²) in [5.41, 5.74) is 1.81. The average Bonchev–Trinajstić information content (AvgIpc) is 2.94. The lowest BCUT2D eigenvalue weighted by atomic mass is 10.3. The summed E-state index contributed by atoms with van der Waals surface area (Å²) in [5.74, 6) is 0. The molecule has 0 aliphatic heterocycles. The van der Waals surface area contributed by atoms with E-state index in [2.05, 4.69) is 15.1 Å². The first-order chi connectivity index (χ1) is 9.83. The third kappa shape index (κ3) is 4.12. The maximum absolute atomic E-state index is 9.07. The van der Waals surface area contributed by atoms with Crippen molar-refractivity contribution in [2.45, 2.75) is 6.54 Å². The van der Waals surface area contributed by atoms with Crippen molar-refractivity contribution in [3.63, 3.8) is 0 Å². The smallest absolute Gasteiger partial charge is 0.0971 e. The minimum atomic E-state index is 0.122. The molecular weight excluding hydrogens is 256 g/mol. The van der Waals surface area contributed by atoms with Gasteiger partial charge in [0.25, 0.3) is 0 Å². The minimum Gasteiger partial charge on any atom is -0.395 e. The first-order valence-electron chi connectivity index (χ1n) is 6.62. The van der Waals surface area contributed by atoms with Crippen LogP contribution in [0, 0.1) is 0 Å². The van der Waals surface area contributed by atoms with E-state index in [1.807, 2.05) is 30.3 Å². The van der Waals surface area contributed by atoms with Crippen molar-refractivity contribution in [1.82, 2.24) is 19.9 Å². The lowest BCUT2D eigenvalue weighted by molar-refractivity contribution is 0.126. The van der Waals surface area contributed by atoms with Gasteiger partial charge in [-0.15, -0.1) is 0 Å². The van der Waals surface area contributed by atoms with Gasteiger partial charge in [-0.3, -0.25) is 4.90 Å². The van der Waals surface area contributed by atoms with Gasteiger partial charge >= 0.3 is 0 Å². The molecule has 0 saturated carbocycles. The third-order valence-corrected chi connectivity index (χ3v) is 2.94. The highest BCUT2D eigenvalue weighted by Gasteiger charge is 2.09. The van der Waals surface area contributed by atoms with Crippen molar-refractivity contribution in [3.05, 3.63) is 42.2 Å². The predicted octanol–water partition coefficient (Wildman–Crippen LogP) is 0.708. The van der Waals surface area contributed by atoms with Crippen LogP contribution in [-0.4, -0.2) is 58.4 Å². The maximum atomic E-state index is 9.07. The number of aromatic nitrogens is 3. The summed E-state index contributed by atoms with van der Waals surface area (Å²) in [6.45, 7) is 2.76. The Hall–Kier alpha value is -1.76. The molecule has 6 nitrogen and oxygen atoms in total. The molecule has 0 atom stereocenters. The molecule has 0 amide bonds. The Kier molecular flexibility index (Phi) is 5.67. The second-order valence-corrected chi connectivity index (χ2v) is 4.45. The number of ether oxygens (including phenoxy) is 1. The maximum Gasteiger partial charge on any atom is 0.0971 e. The SMILES string of the molecule is COCCN(CCO)Cc1cnn(-c2ccccc2)n1. The molecule has 2 rings (SSSR count). The van der Waals surface area contributed by atoms with E-state index in [9.17, 15) is 0 Å². The van der Waals surface area contributed by atoms with Gasteiger partial charge in [-0.1, -0.05) is 18.2 Å². The van der Waals surface area contributed by atoms with Crippen LogP contribution in [-0.2, 0) is 11.3 Å². The van der Waals surface area contributed by atoms with Crippen molar-refractivity contribution in [3.8, 4) is 5.69 Å². The molecular formula is C14H20N4O2. The standard InChI is InChI=1S/C14H20N4O2/c1-20-10-8-17(7-9-19)12-13-11-15-18(16-13)14-5-3-2-4-6-14/h2-6,11,19H,7-10,12H2,1H3. The van der Waals surface area contributed by atoms with E-state index in [0.717, 1.165) is 17.9 Å². The molecule has 0 fully saturated rings. The molecule has 108 valence electrons. The molecule has 1 aromatic carbocycles. The van der Waals surface area contributed by atoms with Crippen LogP contribution >= 0.6 is 0 Å². The second kappa shape index (κ2) is 7.74. The van der Waals surface area contributed by atoms with Crippen LogP contribution in [0.15, 0.2) is 36.5 Å². The van der Waals surface area contributed by atoms with E-state index in [4.69, 9.17) is 9.84 Å². The fourth-order valence-corrected chi connectivity index (χ4v) is 1.91. The molecule has 0 saturated heterocycles. The third-order valence-electron chi connectivity index (χ3n) is 2.94. The summed E-state index contributed by atoms with van der Waals surface area (Å²) in [6.07, 6.45) is 1.75. The number of rotatable bonds is 8. The van der Waals surface area contributed by atoms with Gasteiger partial charge in [-0.2, -0.15) is 15.0 Å². The summed E-state index contributed by atoms with van der Waals surface area (Å²) in [7, 11) is 1.67. The molecule has 1 heterocycles. The highest BCUT2D eigenvalue weighted by Crippen LogP contribution is 2.06.